The number of pyridine rings is 1. The van der Waals surface area contributed by atoms with Crippen LogP contribution in [0.2, 0.25) is 5.02 Å². The van der Waals surface area contributed by atoms with Crippen LogP contribution in [0.15, 0.2) is 6.20 Å². The number of hydrogen-bond donors (Lipinski definition) is 0. The van der Waals surface area contributed by atoms with Gasteiger partial charge < -0.3 is 9.30 Å². The summed E-state index contributed by atoms with van der Waals surface area (Å²) < 4.78 is 6.70. The molecule has 0 spiro atoms. The fourth-order valence-electron chi connectivity index (χ4n) is 1.70. The number of aryl methyl sites for hydroxylation is 2. The number of carbonyl (C=O) groups is 1. The van der Waals surface area contributed by atoms with E-state index in [2.05, 4.69) is 10.2 Å². The van der Waals surface area contributed by atoms with E-state index in [9.17, 15) is 4.79 Å². The van der Waals surface area contributed by atoms with Gasteiger partial charge in [-0.05, 0) is 19.4 Å². The van der Waals surface area contributed by atoms with Crippen LogP contribution in [0.3, 0.4) is 0 Å². The number of carbonyl (C=O) groups excluding carboxylic acids is 1. The van der Waals surface area contributed by atoms with Gasteiger partial charge in [-0.2, -0.15) is 0 Å². The molecule has 0 amide bonds. The van der Waals surface area contributed by atoms with Gasteiger partial charge in [-0.3, -0.25) is 0 Å². The minimum atomic E-state index is -0.498. The van der Waals surface area contributed by atoms with E-state index in [1.165, 1.54) is 0 Å². The highest BCUT2D eigenvalue weighted by Gasteiger charge is 2.26. The Morgan fingerprint density at radius 3 is 2.88 bits per heavy atom. The van der Waals surface area contributed by atoms with Crippen molar-refractivity contribution >= 4 is 17.6 Å². The zero-order valence-corrected chi connectivity index (χ0v) is 10.6. The van der Waals surface area contributed by atoms with E-state index in [0.717, 1.165) is 5.56 Å². The number of aromatic nitrogens is 3. The van der Waals surface area contributed by atoms with Gasteiger partial charge in [0.25, 0.3) is 0 Å². The number of fused-ring (bicyclic) bond motifs is 1. The summed E-state index contributed by atoms with van der Waals surface area (Å²) >= 11 is 6.19. The Labute approximate surface area is 104 Å². The van der Waals surface area contributed by atoms with Crippen LogP contribution in [0.1, 0.15) is 23.0 Å². The Bertz CT molecular complexity index is 550. The van der Waals surface area contributed by atoms with E-state index in [1.807, 2.05) is 20.2 Å². The van der Waals surface area contributed by atoms with Crippen molar-refractivity contribution in [1.82, 2.24) is 14.8 Å². The second-order valence-electron chi connectivity index (χ2n) is 3.70. The molecule has 0 aromatic carbocycles. The van der Waals surface area contributed by atoms with E-state index in [-0.39, 0.29) is 5.69 Å². The Balaban J connectivity index is 2.63. The van der Waals surface area contributed by atoms with Crippen LogP contribution in [-0.4, -0.2) is 27.3 Å². The smallest absolute Gasteiger partial charge is 0.359 e. The molecule has 0 bridgehead atoms. The summed E-state index contributed by atoms with van der Waals surface area (Å²) in [7, 11) is 1.83. The molecule has 6 heteroatoms. The maximum Gasteiger partial charge on any atom is 0.359 e. The highest BCUT2D eigenvalue weighted by atomic mass is 35.5. The van der Waals surface area contributed by atoms with Gasteiger partial charge >= 0.3 is 5.97 Å². The van der Waals surface area contributed by atoms with Gasteiger partial charge in [0.1, 0.15) is 0 Å². The van der Waals surface area contributed by atoms with Gasteiger partial charge in [0, 0.05) is 13.2 Å². The second-order valence-corrected chi connectivity index (χ2v) is 4.08. The minimum Gasteiger partial charge on any atom is -0.461 e. The van der Waals surface area contributed by atoms with Crippen molar-refractivity contribution in [2.75, 3.05) is 6.61 Å². The third kappa shape index (κ3) is 1.86. The van der Waals surface area contributed by atoms with Gasteiger partial charge in [0.05, 0.1) is 17.2 Å². The summed E-state index contributed by atoms with van der Waals surface area (Å²) in [5, 5.41) is 8.29. The van der Waals surface area contributed by atoms with Crippen molar-refractivity contribution in [3.05, 3.63) is 22.5 Å². The average molecular weight is 254 g/mol. The summed E-state index contributed by atoms with van der Waals surface area (Å²) in [6.07, 6.45) is 1.84. The van der Waals surface area contributed by atoms with E-state index in [0.29, 0.717) is 23.0 Å². The van der Waals surface area contributed by atoms with Crippen molar-refractivity contribution in [1.29, 1.82) is 0 Å². The average Bonchev–Trinajstić information content (AvgIpc) is 2.71. The van der Waals surface area contributed by atoms with Crippen LogP contribution in [0.4, 0.5) is 0 Å². The zero-order valence-electron chi connectivity index (χ0n) is 9.82. The molecule has 0 aromatic rings. The molecule has 0 atom stereocenters. The van der Waals surface area contributed by atoms with Gasteiger partial charge in [-0.1, -0.05) is 11.6 Å². The number of hydrogen-bond acceptors (Lipinski definition) is 4. The molecule has 0 aromatic heterocycles. The summed E-state index contributed by atoms with van der Waals surface area (Å²) in [6.45, 7) is 3.90. The standard InChI is InChI=1S/C11H12ClN3O2/c1-4-17-11(16)9-7-8(12)6(2)5-15(3)10(7)14-13-9/h5H,4H2,1-3H3. The van der Waals surface area contributed by atoms with E-state index in [4.69, 9.17) is 16.3 Å². The molecule has 0 saturated heterocycles. The molecule has 2 heterocycles. The van der Waals surface area contributed by atoms with E-state index >= 15 is 0 Å². The lowest BCUT2D eigenvalue weighted by atomic mass is 10.1. The first kappa shape index (κ1) is 11.9. The van der Waals surface area contributed by atoms with Crippen LogP contribution >= 0.6 is 11.6 Å². The molecule has 2 rings (SSSR count). The Hall–Kier alpha value is -1.62. The topological polar surface area (TPSA) is 57.0 Å². The van der Waals surface area contributed by atoms with Gasteiger partial charge in [-0.25, -0.2) is 4.79 Å². The van der Waals surface area contributed by atoms with Gasteiger partial charge in [0.15, 0.2) is 11.5 Å². The monoisotopic (exact) mass is 253 g/mol. The van der Waals surface area contributed by atoms with Crippen LogP contribution < -0.4 is 0 Å². The maximum atomic E-state index is 11.7. The van der Waals surface area contributed by atoms with Crippen molar-refractivity contribution in [2.45, 2.75) is 13.8 Å². The molecule has 0 radical (unpaired) electrons. The molecular formula is C11H12ClN3O2. The van der Waals surface area contributed by atoms with E-state index < -0.39 is 5.97 Å². The third-order valence-corrected chi connectivity index (χ3v) is 2.95. The number of halogens is 1. The Morgan fingerprint density at radius 1 is 1.53 bits per heavy atom. The first-order valence-corrected chi connectivity index (χ1v) is 5.59. The lowest BCUT2D eigenvalue weighted by Gasteiger charge is -2.10. The number of nitrogens with zero attached hydrogens (tertiary/aromatic N) is 3. The molecule has 0 unspecified atom stereocenters. The number of esters is 1. The predicted octanol–water partition coefficient (Wildman–Crippen LogP) is 2.06. The first-order valence-electron chi connectivity index (χ1n) is 5.21. The summed E-state index contributed by atoms with van der Waals surface area (Å²) in [6, 6.07) is 0. The van der Waals surface area contributed by atoms with Crippen molar-refractivity contribution < 1.29 is 9.53 Å². The minimum absolute atomic E-state index is 0.172. The number of rotatable bonds is 2. The van der Waals surface area contributed by atoms with Crippen LogP contribution in [0.5, 0.6) is 0 Å². The number of ether oxygens (including phenoxy) is 1. The fourth-order valence-corrected chi connectivity index (χ4v) is 1.92. The second kappa shape index (κ2) is 4.33. The van der Waals surface area contributed by atoms with Gasteiger partial charge in [-0.15, -0.1) is 10.2 Å². The van der Waals surface area contributed by atoms with E-state index in [1.54, 1.807) is 11.5 Å². The van der Waals surface area contributed by atoms with Crippen LogP contribution in [0.25, 0.3) is 11.4 Å². The van der Waals surface area contributed by atoms with Crippen LogP contribution in [-0.2, 0) is 11.8 Å². The molecule has 5 nitrogen and oxygen atoms in total. The normalized spacial score (nSPS) is 10.8. The fraction of sp³-hybridized carbons (Fsp3) is 0.364. The highest BCUT2D eigenvalue weighted by Crippen LogP contribution is 2.33. The molecule has 90 valence electrons. The maximum absolute atomic E-state index is 11.7. The largest absolute Gasteiger partial charge is 0.461 e. The molecular weight excluding hydrogens is 242 g/mol. The van der Waals surface area contributed by atoms with Crippen LogP contribution in [0, 0.1) is 6.92 Å². The summed E-state index contributed by atoms with van der Waals surface area (Å²) in [5.41, 5.74) is 1.58. The first-order chi connectivity index (χ1) is 8.06. The quantitative estimate of drug-likeness (QED) is 0.769. The van der Waals surface area contributed by atoms with Crippen molar-refractivity contribution in [2.24, 2.45) is 7.05 Å². The molecule has 2 aliphatic rings. The molecule has 0 fully saturated rings. The van der Waals surface area contributed by atoms with Gasteiger partial charge in [0.2, 0.25) is 0 Å². The summed E-state index contributed by atoms with van der Waals surface area (Å²) in [5.74, 6) is 0.0751. The Morgan fingerprint density at radius 2 is 2.24 bits per heavy atom. The SMILES string of the molecule is CCOC(=O)c1nnc2n(C)cc(C)c(Cl)c1-2. The zero-order chi connectivity index (χ0) is 12.6. The van der Waals surface area contributed by atoms with Crippen molar-refractivity contribution in [3.63, 3.8) is 0 Å². The predicted molar refractivity (Wildman–Crippen MR) is 63.3 cm³/mol. The highest BCUT2D eigenvalue weighted by molar-refractivity contribution is 6.34. The molecule has 17 heavy (non-hydrogen) atoms. The lowest BCUT2D eigenvalue weighted by molar-refractivity contribution is 0.0520. The third-order valence-electron chi connectivity index (χ3n) is 2.46. The molecule has 0 N–H and O–H groups in total. The Kier molecular flexibility index (Phi) is 3.02. The molecule has 0 saturated carbocycles. The van der Waals surface area contributed by atoms with Crippen molar-refractivity contribution in [3.8, 4) is 11.4 Å². The lowest BCUT2D eigenvalue weighted by Crippen LogP contribution is -2.07. The molecule has 0 aliphatic carbocycles. The molecule has 2 aliphatic heterocycles. The summed E-state index contributed by atoms with van der Waals surface area (Å²) in [4.78, 5) is 11.7.